The summed E-state index contributed by atoms with van der Waals surface area (Å²) < 4.78 is 5.68. The molecule has 0 aromatic heterocycles. The molecule has 1 N–H and O–H groups in total. The number of benzene rings is 3. The molecule has 0 aliphatic carbocycles. The summed E-state index contributed by atoms with van der Waals surface area (Å²) in [5.74, 6) is -0.886. The summed E-state index contributed by atoms with van der Waals surface area (Å²) >= 11 is 0. The summed E-state index contributed by atoms with van der Waals surface area (Å²) in [5, 5.41) is 10.8. The van der Waals surface area contributed by atoms with Gasteiger partial charge in [0, 0.05) is 6.54 Å². The van der Waals surface area contributed by atoms with E-state index in [1.165, 1.54) is 6.08 Å². The molecule has 0 fully saturated rings. The van der Waals surface area contributed by atoms with Gasteiger partial charge in [0.15, 0.2) is 11.5 Å². The van der Waals surface area contributed by atoms with Crippen molar-refractivity contribution in [1.82, 2.24) is 4.90 Å². The molecule has 1 aliphatic rings. The van der Waals surface area contributed by atoms with Gasteiger partial charge in [-0.3, -0.25) is 9.59 Å². The van der Waals surface area contributed by atoms with Gasteiger partial charge in [0.25, 0.3) is 5.91 Å². The van der Waals surface area contributed by atoms with E-state index in [0.29, 0.717) is 30.9 Å². The molecule has 0 spiro atoms. The zero-order valence-electron chi connectivity index (χ0n) is 19.3. The van der Waals surface area contributed by atoms with Crippen LogP contribution in [0.3, 0.4) is 0 Å². The van der Waals surface area contributed by atoms with E-state index in [1.807, 2.05) is 72.8 Å². The molecular formula is C30H27NO4. The standard InChI is InChI=1S/C30H27NO4/c1-2-20-35-25-15-9-14-24(21-25)28-27(26(32)17-16-22-10-5-3-6-11-22)29(33)30(34)31(28)19-18-23-12-7-4-8-13-23/h2-17,21,28,33H,1,18-20H2/b17-16+. The Balaban J connectivity index is 1.68. The second-order valence-electron chi connectivity index (χ2n) is 8.18. The topological polar surface area (TPSA) is 66.8 Å². The quantitative estimate of drug-likeness (QED) is 0.318. The van der Waals surface area contributed by atoms with Crippen molar-refractivity contribution in [2.24, 2.45) is 0 Å². The fourth-order valence-corrected chi connectivity index (χ4v) is 4.13. The van der Waals surface area contributed by atoms with Gasteiger partial charge in [0.2, 0.25) is 0 Å². The largest absolute Gasteiger partial charge is 0.503 e. The van der Waals surface area contributed by atoms with Gasteiger partial charge in [-0.25, -0.2) is 0 Å². The van der Waals surface area contributed by atoms with Crippen molar-refractivity contribution >= 4 is 17.8 Å². The van der Waals surface area contributed by atoms with Gasteiger partial charge < -0.3 is 14.7 Å². The predicted molar refractivity (Wildman–Crippen MR) is 137 cm³/mol. The van der Waals surface area contributed by atoms with Crippen LogP contribution in [0.1, 0.15) is 22.7 Å². The third-order valence-electron chi connectivity index (χ3n) is 5.82. The first-order valence-electron chi connectivity index (χ1n) is 11.5. The van der Waals surface area contributed by atoms with Gasteiger partial charge in [-0.2, -0.15) is 0 Å². The van der Waals surface area contributed by atoms with E-state index in [9.17, 15) is 14.7 Å². The molecule has 3 aromatic rings. The minimum Gasteiger partial charge on any atom is -0.503 e. The highest BCUT2D eigenvalue weighted by molar-refractivity contribution is 6.14. The lowest BCUT2D eigenvalue weighted by atomic mass is 9.95. The summed E-state index contributed by atoms with van der Waals surface area (Å²) in [5.41, 5.74) is 2.66. The lowest BCUT2D eigenvalue weighted by Crippen LogP contribution is -2.33. The van der Waals surface area contributed by atoms with Gasteiger partial charge in [-0.1, -0.05) is 91.5 Å². The van der Waals surface area contributed by atoms with Crippen LogP contribution in [-0.2, 0) is 16.0 Å². The minimum absolute atomic E-state index is 0.0658. The zero-order chi connectivity index (χ0) is 24.6. The fourth-order valence-electron chi connectivity index (χ4n) is 4.13. The van der Waals surface area contributed by atoms with Crippen LogP contribution in [0.5, 0.6) is 5.75 Å². The number of aliphatic hydroxyl groups excluding tert-OH is 1. The molecule has 1 amide bonds. The molecule has 1 atom stereocenters. The van der Waals surface area contributed by atoms with Gasteiger partial charge in [0.1, 0.15) is 12.4 Å². The molecule has 176 valence electrons. The highest BCUT2D eigenvalue weighted by Gasteiger charge is 2.42. The van der Waals surface area contributed by atoms with Gasteiger partial charge >= 0.3 is 0 Å². The number of rotatable bonds is 10. The molecule has 35 heavy (non-hydrogen) atoms. The number of ketones is 1. The van der Waals surface area contributed by atoms with Crippen molar-refractivity contribution in [2.75, 3.05) is 13.2 Å². The van der Waals surface area contributed by atoms with E-state index in [1.54, 1.807) is 29.2 Å². The van der Waals surface area contributed by atoms with Crippen LogP contribution < -0.4 is 4.74 Å². The van der Waals surface area contributed by atoms with Gasteiger partial charge in [-0.05, 0) is 41.3 Å². The lowest BCUT2D eigenvalue weighted by Gasteiger charge is -2.27. The number of ether oxygens (including phenoxy) is 1. The third-order valence-corrected chi connectivity index (χ3v) is 5.82. The Kier molecular flexibility index (Phi) is 7.58. The number of aliphatic hydroxyl groups is 1. The van der Waals surface area contributed by atoms with E-state index >= 15 is 0 Å². The van der Waals surface area contributed by atoms with Crippen LogP contribution >= 0.6 is 0 Å². The van der Waals surface area contributed by atoms with Crippen LogP contribution in [-0.4, -0.2) is 34.8 Å². The number of carbonyl (C=O) groups excluding carboxylic acids is 2. The van der Waals surface area contributed by atoms with Crippen LogP contribution in [0.2, 0.25) is 0 Å². The summed E-state index contributed by atoms with van der Waals surface area (Å²) in [4.78, 5) is 28.0. The number of hydrogen-bond donors (Lipinski definition) is 1. The maximum atomic E-state index is 13.3. The fraction of sp³-hybridized carbons (Fsp3) is 0.133. The highest BCUT2D eigenvalue weighted by atomic mass is 16.5. The van der Waals surface area contributed by atoms with Crippen molar-refractivity contribution in [2.45, 2.75) is 12.5 Å². The maximum absolute atomic E-state index is 13.3. The Morgan fingerprint density at radius 2 is 1.71 bits per heavy atom. The molecule has 1 heterocycles. The molecular weight excluding hydrogens is 438 g/mol. The monoisotopic (exact) mass is 465 g/mol. The first kappa shape index (κ1) is 23.8. The van der Waals surface area contributed by atoms with Crippen molar-refractivity contribution in [3.8, 4) is 5.75 Å². The van der Waals surface area contributed by atoms with Crippen molar-refractivity contribution in [1.29, 1.82) is 0 Å². The van der Waals surface area contributed by atoms with Crippen LogP contribution in [0.15, 0.2) is 115 Å². The maximum Gasteiger partial charge on any atom is 0.290 e. The molecule has 1 aliphatic heterocycles. The molecule has 3 aromatic carbocycles. The van der Waals surface area contributed by atoms with Crippen LogP contribution in [0.4, 0.5) is 0 Å². The van der Waals surface area contributed by atoms with Gasteiger partial charge in [0.05, 0.1) is 11.6 Å². The third kappa shape index (κ3) is 5.58. The molecule has 5 nitrogen and oxygen atoms in total. The molecule has 0 saturated carbocycles. The smallest absolute Gasteiger partial charge is 0.290 e. The molecule has 4 rings (SSSR count). The summed E-state index contributed by atoms with van der Waals surface area (Å²) in [7, 11) is 0. The number of hydrogen-bond acceptors (Lipinski definition) is 4. The second kappa shape index (κ2) is 11.2. The average molecular weight is 466 g/mol. The summed E-state index contributed by atoms with van der Waals surface area (Å²) in [6.07, 6.45) is 5.32. The predicted octanol–water partition coefficient (Wildman–Crippen LogP) is 5.47. The Bertz CT molecular complexity index is 1260. The van der Waals surface area contributed by atoms with E-state index < -0.39 is 23.5 Å². The minimum atomic E-state index is -0.730. The molecule has 1 unspecified atom stereocenters. The van der Waals surface area contributed by atoms with Crippen LogP contribution in [0, 0.1) is 0 Å². The van der Waals surface area contributed by atoms with E-state index in [0.717, 1.165) is 11.1 Å². The number of carbonyl (C=O) groups is 2. The van der Waals surface area contributed by atoms with Crippen molar-refractivity contribution in [3.05, 3.63) is 132 Å². The number of amides is 1. The van der Waals surface area contributed by atoms with E-state index in [2.05, 4.69) is 6.58 Å². The Hall–Kier alpha value is -4.38. The summed E-state index contributed by atoms with van der Waals surface area (Å²) in [6.45, 7) is 4.34. The Morgan fingerprint density at radius 3 is 2.43 bits per heavy atom. The molecule has 0 bridgehead atoms. The number of allylic oxidation sites excluding steroid dienone is 1. The van der Waals surface area contributed by atoms with Crippen molar-refractivity contribution < 1.29 is 19.4 Å². The first-order valence-corrected chi connectivity index (χ1v) is 11.5. The van der Waals surface area contributed by atoms with Gasteiger partial charge in [-0.15, -0.1) is 0 Å². The SMILES string of the molecule is C=CCOc1cccc(C2C(C(=O)/C=C/c3ccccc3)=C(O)C(=O)N2CCc2ccccc2)c1. The summed E-state index contributed by atoms with van der Waals surface area (Å²) in [6, 6.07) is 25.7. The Labute approximate surface area is 205 Å². The van der Waals surface area contributed by atoms with Crippen LogP contribution in [0.25, 0.3) is 6.08 Å². The molecule has 0 radical (unpaired) electrons. The normalized spacial score (nSPS) is 15.6. The van der Waals surface area contributed by atoms with E-state index in [4.69, 9.17) is 4.74 Å². The highest BCUT2D eigenvalue weighted by Crippen LogP contribution is 2.39. The van der Waals surface area contributed by atoms with E-state index in [-0.39, 0.29) is 5.57 Å². The average Bonchev–Trinajstić information content (AvgIpc) is 3.16. The van der Waals surface area contributed by atoms with Crippen molar-refractivity contribution in [3.63, 3.8) is 0 Å². The first-order chi connectivity index (χ1) is 17.1. The lowest BCUT2D eigenvalue weighted by molar-refractivity contribution is -0.129. The molecule has 5 heteroatoms. The Morgan fingerprint density at radius 1 is 1.00 bits per heavy atom. The zero-order valence-corrected chi connectivity index (χ0v) is 19.3. The second-order valence-corrected chi connectivity index (χ2v) is 8.18. The molecule has 0 saturated heterocycles. The number of nitrogens with zero attached hydrogens (tertiary/aromatic N) is 1.